The van der Waals surface area contributed by atoms with Crippen molar-refractivity contribution in [2.24, 2.45) is 5.10 Å². The average Bonchev–Trinajstić information content (AvgIpc) is 2.54. The summed E-state index contributed by atoms with van der Waals surface area (Å²) in [5.41, 5.74) is 4.14. The first-order valence-electron chi connectivity index (χ1n) is 6.82. The normalized spacial score (nSPS) is 11.7. The van der Waals surface area contributed by atoms with Gasteiger partial charge in [0.2, 0.25) is 0 Å². The lowest BCUT2D eigenvalue weighted by molar-refractivity contribution is 0.559. The Bertz CT molecular complexity index is 949. The Morgan fingerprint density at radius 3 is 2.65 bits per heavy atom. The van der Waals surface area contributed by atoms with Gasteiger partial charge >= 0.3 is 5.63 Å². The molecule has 0 aliphatic heterocycles. The second-order valence-corrected chi connectivity index (χ2v) is 5.38. The van der Waals surface area contributed by atoms with E-state index in [-0.39, 0.29) is 5.82 Å². The summed E-state index contributed by atoms with van der Waals surface area (Å²) in [6.45, 7) is 1.68. The molecular weight excluding hydrogens is 319 g/mol. The summed E-state index contributed by atoms with van der Waals surface area (Å²) in [6.07, 6.45) is 0. The lowest BCUT2D eigenvalue weighted by Gasteiger charge is -2.04. The van der Waals surface area contributed by atoms with E-state index < -0.39 is 5.63 Å². The molecule has 23 heavy (non-hydrogen) atoms. The minimum Gasteiger partial charge on any atom is -0.422 e. The van der Waals surface area contributed by atoms with Crippen molar-refractivity contribution in [3.05, 3.63) is 75.4 Å². The monoisotopic (exact) mass is 330 g/mol. The summed E-state index contributed by atoms with van der Waals surface area (Å²) in [6, 6.07) is 12.4. The van der Waals surface area contributed by atoms with Crippen LogP contribution in [-0.2, 0) is 0 Å². The number of hydrogen-bond acceptors (Lipinski definition) is 4. The lowest BCUT2D eigenvalue weighted by Crippen LogP contribution is -2.13. The Morgan fingerprint density at radius 1 is 1.17 bits per heavy atom. The molecule has 0 saturated carbocycles. The molecule has 0 amide bonds. The highest BCUT2D eigenvalue weighted by Crippen LogP contribution is 2.19. The van der Waals surface area contributed by atoms with E-state index in [2.05, 4.69) is 10.5 Å². The first kappa shape index (κ1) is 15.2. The van der Waals surface area contributed by atoms with E-state index >= 15 is 0 Å². The quantitative estimate of drug-likeness (QED) is 0.439. The van der Waals surface area contributed by atoms with Crippen LogP contribution < -0.4 is 11.1 Å². The molecule has 0 aliphatic rings. The minimum absolute atomic E-state index is 0.328. The van der Waals surface area contributed by atoms with Gasteiger partial charge in [-0.3, -0.25) is 5.43 Å². The molecular formula is C17H12ClFN2O2. The highest BCUT2D eigenvalue weighted by molar-refractivity contribution is 6.31. The van der Waals surface area contributed by atoms with Gasteiger partial charge in [0.1, 0.15) is 11.4 Å². The van der Waals surface area contributed by atoms with Gasteiger partial charge in [0.25, 0.3) is 0 Å². The smallest absolute Gasteiger partial charge is 0.345 e. The third-order valence-electron chi connectivity index (χ3n) is 3.28. The molecule has 0 aliphatic carbocycles. The van der Waals surface area contributed by atoms with Gasteiger partial charge in [0.15, 0.2) is 0 Å². The van der Waals surface area contributed by atoms with Crippen molar-refractivity contribution >= 4 is 34.0 Å². The lowest BCUT2D eigenvalue weighted by atomic mass is 10.1. The fraction of sp³-hybridized carbons (Fsp3) is 0.0588. The van der Waals surface area contributed by atoms with Crippen LogP contribution in [0, 0.1) is 5.82 Å². The molecule has 0 spiro atoms. The Kier molecular flexibility index (Phi) is 4.12. The number of anilines is 1. The molecule has 3 aromatic rings. The van der Waals surface area contributed by atoms with E-state index in [1.165, 1.54) is 12.1 Å². The molecule has 0 unspecified atom stereocenters. The molecule has 6 heteroatoms. The molecule has 0 saturated heterocycles. The van der Waals surface area contributed by atoms with E-state index in [4.69, 9.17) is 16.0 Å². The SMILES string of the molecule is C/C(=N\Nc1ccc(F)cc1)c1cc2cc(Cl)ccc2oc1=O. The maximum Gasteiger partial charge on any atom is 0.345 e. The third kappa shape index (κ3) is 3.40. The summed E-state index contributed by atoms with van der Waals surface area (Å²) in [4.78, 5) is 12.1. The van der Waals surface area contributed by atoms with E-state index in [0.29, 0.717) is 33.0 Å². The van der Waals surface area contributed by atoms with Crippen molar-refractivity contribution in [3.63, 3.8) is 0 Å². The predicted octanol–water partition coefficient (Wildman–Crippen LogP) is 4.42. The van der Waals surface area contributed by atoms with Crippen LogP contribution in [0.5, 0.6) is 0 Å². The van der Waals surface area contributed by atoms with Crippen LogP contribution in [0.1, 0.15) is 12.5 Å². The zero-order valence-electron chi connectivity index (χ0n) is 12.1. The number of halogens is 2. The van der Waals surface area contributed by atoms with Gasteiger partial charge in [0, 0.05) is 10.4 Å². The Balaban J connectivity index is 1.94. The second-order valence-electron chi connectivity index (χ2n) is 4.95. The molecule has 0 atom stereocenters. The molecule has 3 rings (SSSR count). The second kappa shape index (κ2) is 6.22. The minimum atomic E-state index is -0.484. The first-order chi connectivity index (χ1) is 11.0. The summed E-state index contributed by atoms with van der Waals surface area (Å²) in [5.74, 6) is -0.330. The fourth-order valence-electron chi connectivity index (χ4n) is 2.08. The molecule has 116 valence electrons. The van der Waals surface area contributed by atoms with Crippen molar-refractivity contribution in [1.82, 2.24) is 0 Å². The largest absolute Gasteiger partial charge is 0.422 e. The van der Waals surface area contributed by atoms with Crippen molar-refractivity contribution < 1.29 is 8.81 Å². The van der Waals surface area contributed by atoms with E-state index in [9.17, 15) is 9.18 Å². The maximum absolute atomic E-state index is 12.9. The third-order valence-corrected chi connectivity index (χ3v) is 3.52. The predicted molar refractivity (Wildman–Crippen MR) is 89.7 cm³/mol. The molecule has 1 aromatic heterocycles. The van der Waals surface area contributed by atoms with Crippen molar-refractivity contribution in [3.8, 4) is 0 Å². The van der Waals surface area contributed by atoms with Crippen molar-refractivity contribution in [2.45, 2.75) is 6.92 Å². The topological polar surface area (TPSA) is 54.6 Å². The summed E-state index contributed by atoms with van der Waals surface area (Å²) in [7, 11) is 0. The zero-order chi connectivity index (χ0) is 16.4. The van der Waals surface area contributed by atoms with Crippen LogP contribution in [0.4, 0.5) is 10.1 Å². The van der Waals surface area contributed by atoms with Gasteiger partial charge in [-0.15, -0.1) is 0 Å². The molecule has 4 nitrogen and oxygen atoms in total. The summed E-state index contributed by atoms with van der Waals surface area (Å²) >= 11 is 5.95. The average molecular weight is 331 g/mol. The van der Waals surface area contributed by atoms with E-state index in [0.717, 1.165) is 0 Å². The number of hydrazone groups is 1. The number of rotatable bonds is 3. The van der Waals surface area contributed by atoms with Gasteiger partial charge < -0.3 is 4.42 Å². The summed E-state index contributed by atoms with van der Waals surface area (Å²) in [5, 5.41) is 5.40. The van der Waals surface area contributed by atoms with Crippen LogP contribution in [0.15, 0.2) is 62.8 Å². The Hall–Kier alpha value is -2.66. The van der Waals surface area contributed by atoms with Gasteiger partial charge in [-0.05, 0) is 55.5 Å². The standard InChI is InChI=1S/C17H12ClFN2O2/c1-10(20-21-14-5-3-13(19)4-6-14)15-9-11-8-12(18)2-7-16(11)23-17(15)22/h2-9,21H,1H3/b20-10+. The molecule has 1 N–H and O–H groups in total. The van der Waals surface area contributed by atoms with Gasteiger partial charge in [-0.2, -0.15) is 5.10 Å². The van der Waals surface area contributed by atoms with Crippen molar-refractivity contribution in [1.29, 1.82) is 0 Å². The van der Waals surface area contributed by atoms with Gasteiger partial charge in [-0.1, -0.05) is 11.6 Å². The van der Waals surface area contributed by atoms with Gasteiger partial charge in [0.05, 0.1) is 17.0 Å². The van der Waals surface area contributed by atoms with Crippen molar-refractivity contribution in [2.75, 3.05) is 5.43 Å². The maximum atomic E-state index is 12.9. The Labute approximate surface area is 136 Å². The molecule has 0 fully saturated rings. The van der Waals surface area contributed by atoms with Crippen LogP contribution in [-0.4, -0.2) is 5.71 Å². The Morgan fingerprint density at radius 2 is 1.91 bits per heavy atom. The van der Waals surface area contributed by atoms with E-state index in [1.807, 2.05) is 0 Å². The zero-order valence-corrected chi connectivity index (χ0v) is 12.9. The fourth-order valence-corrected chi connectivity index (χ4v) is 2.26. The van der Waals surface area contributed by atoms with Crippen LogP contribution in [0.25, 0.3) is 11.0 Å². The highest BCUT2D eigenvalue weighted by Gasteiger charge is 2.09. The number of nitrogens with zero attached hydrogens (tertiary/aromatic N) is 1. The van der Waals surface area contributed by atoms with E-state index in [1.54, 1.807) is 43.3 Å². The molecule has 1 heterocycles. The van der Waals surface area contributed by atoms with Crippen LogP contribution in [0.2, 0.25) is 5.02 Å². The number of nitrogens with one attached hydrogen (secondary N) is 1. The molecule has 0 bridgehead atoms. The number of hydrogen-bond donors (Lipinski definition) is 1. The first-order valence-corrected chi connectivity index (χ1v) is 7.20. The number of benzene rings is 2. The van der Waals surface area contributed by atoms with Crippen LogP contribution >= 0.6 is 11.6 Å². The highest BCUT2D eigenvalue weighted by atomic mass is 35.5. The summed E-state index contributed by atoms with van der Waals surface area (Å²) < 4.78 is 18.1. The molecule has 2 aromatic carbocycles. The molecule has 0 radical (unpaired) electrons. The van der Waals surface area contributed by atoms with Crippen LogP contribution in [0.3, 0.4) is 0 Å². The number of fused-ring (bicyclic) bond motifs is 1. The van der Waals surface area contributed by atoms with Gasteiger partial charge in [-0.25, -0.2) is 9.18 Å².